The maximum atomic E-state index is 13.2. The lowest BCUT2D eigenvalue weighted by Crippen LogP contribution is -2.16. The fraction of sp³-hybridized carbons (Fsp3) is 0. The van der Waals surface area contributed by atoms with Gasteiger partial charge in [-0.25, -0.2) is 39.9 Å². The average Bonchev–Trinajstić information content (AvgIpc) is 1.47. The highest BCUT2D eigenvalue weighted by Gasteiger charge is 2.35. The maximum absolute atomic E-state index is 13.2. The van der Waals surface area contributed by atoms with Crippen LogP contribution in [0.3, 0.4) is 0 Å². The Kier molecular flexibility index (Phi) is 11.3. The third-order valence-electron chi connectivity index (χ3n) is 17.7. The van der Waals surface area contributed by atoms with E-state index in [2.05, 4.69) is 264 Å². The van der Waals surface area contributed by atoms with Gasteiger partial charge in [0.2, 0.25) is 0 Å². The molecule has 0 fully saturated rings. The first-order chi connectivity index (χ1) is 44.7. The molecule has 18 aromatic rings. The molecule has 0 unspecified atom stereocenters. The van der Waals surface area contributed by atoms with Crippen LogP contribution in [0.4, 0.5) is 0 Å². The predicted octanol–water partition coefficient (Wildman–Crippen LogP) is 17.4. The van der Waals surface area contributed by atoms with Crippen LogP contribution in [0.2, 0.25) is 0 Å². The monoisotopic (exact) mass is 1150 g/mol. The summed E-state index contributed by atoms with van der Waals surface area (Å²) in [4.78, 5) is 35.8. The van der Waals surface area contributed by atoms with Crippen molar-refractivity contribution in [2.75, 3.05) is 0 Å². The molecule has 0 amide bonds. The Bertz CT molecular complexity index is 5330. The average molecular weight is 1150 g/mol. The molecule has 0 aliphatic rings. The number of hydrogen-bond acceptors (Lipinski definition) is 9. The lowest BCUT2D eigenvalue weighted by molar-refractivity contribution is 1.04. The highest BCUT2D eigenvalue weighted by Crippen LogP contribution is 2.53. The van der Waals surface area contributed by atoms with Gasteiger partial charge in [0, 0.05) is 120 Å². The molecular formula is C77H45N13. The van der Waals surface area contributed by atoms with E-state index in [1.54, 1.807) is 25.3 Å². The largest absolute Gasteiger partial charge is 0.306 e. The van der Waals surface area contributed by atoms with Crippen molar-refractivity contribution in [3.05, 3.63) is 281 Å². The molecule has 13 heteroatoms. The van der Waals surface area contributed by atoms with Gasteiger partial charge in [0.1, 0.15) is 36.9 Å². The van der Waals surface area contributed by atoms with Gasteiger partial charge in [0.05, 0.1) is 66.9 Å². The number of nitrogens with zero attached hydrogens (tertiary/aromatic N) is 13. The summed E-state index contributed by atoms with van der Waals surface area (Å²) >= 11 is 0. The number of benzene rings is 10. The van der Waals surface area contributed by atoms with E-state index in [1.165, 1.54) is 0 Å². The van der Waals surface area contributed by atoms with Crippen LogP contribution in [0.25, 0.3) is 166 Å². The van der Waals surface area contributed by atoms with E-state index in [1.807, 2.05) is 49.6 Å². The van der Waals surface area contributed by atoms with E-state index in [4.69, 9.17) is 0 Å². The number of rotatable bonds is 9. The molecule has 8 aromatic heterocycles. The van der Waals surface area contributed by atoms with Gasteiger partial charge in [0.25, 0.3) is 0 Å². The van der Waals surface area contributed by atoms with Crippen molar-refractivity contribution in [2.24, 2.45) is 0 Å². The number of fused-ring (bicyclic) bond motifs is 12. The fourth-order valence-corrected chi connectivity index (χ4v) is 13.9. The summed E-state index contributed by atoms with van der Waals surface area (Å²) < 4.78 is 9.53. The summed E-state index contributed by atoms with van der Waals surface area (Å²) in [6, 6.07) is 74.5. The van der Waals surface area contributed by atoms with E-state index >= 15 is 0 Å². The van der Waals surface area contributed by atoms with Crippen LogP contribution in [-0.2, 0) is 0 Å². The van der Waals surface area contributed by atoms with Gasteiger partial charge in [0.15, 0.2) is 0 Å². The quantitative estimate of drug-likeness (QED) is 0.138. The Morgan fingerprint density at radius 1 is 0.233 bits per heavy atom. The summed E-state index contributed by atoms with van der Waals surface area (Å²) in [5, 5.41) is 21.3. The summed E-state index contributed by atoms with van der Waals surface area (Å²) in [5.74, 6) is 0. The van der Waals surface area contributed by atoms with Crippen molar-refractivity contribution in [1.82, 2.24) is 58.1 Å². The van der Waals surface area contributed by atoms with Gasteiger partial charge in [-0.3, -0.25) is 0 Å². The maximum Gasteiger partial charge on any atom is 0.115 e. The van der Waals surface area contributed by atoms with Gasteiger partial charge in [-0.2, -0.15) is 5.26 Å². The molecule has 90 heavy (non-hydrogen) atoms. The van der Waals surface area contributed by atoms with Crippen molar-refractivity contribution in [2.45, 2.75) is 0 Å². The standard InChI is InChI=1S/C77H45N13/c78-34-64-74(87-65-18-8-4-14-56(65)57-15-5-9-19-66(57)87)76(89-69-26-22-48(52-35-79-43-80-36-52)30-60(69)61-31-49(23-27-70(61)89)53-37-81-44-82-38-53)73(47-12-2-1-3-13-47)77(75(64)88-67-20-10-6-16-58(67)59-17-7-11-21-68(59)88)90-71-28-24-50(54-39-83-45-84-40-54)32-62(71)63-33-51(25-29-72(63)90)55-41-85-46-86-42-55/h1-33,35-46H. The highest BCUT2D eigenvalue weighted by molar-refractivity contribution is 6.18. The first-order valence-corrected chi connectivity index (χ1v) is 29.5. The first-order valence-electron chi connectivity index (χ1n) is 29.5. The minimum atomic E-state index is 0.454. The van der Waals surface area contributed by atoms with E-state index in [0.29, 0.717) is 16.9 Å². The molecule has 0 aliphatic carbocycles. The van der Waals surface area contributed by atoms with E-state index in [-0.39, 0.29) is 0 Å². The molecule has 10 aromatic carbocycles. The molecule has 418 valence electrons. The molecular weight excluding hydrogens is 1110 g/mol. The Morgan fingerprint density at radius 3 is 0.778 bits per heavy atom. The topological polar surface area (TPSA) is 147 Å². The lowest BCUT2D eigenvalue weighted by atomic mass is 9.93. The molecule has 0 atom stereocenters. The van der Waals surface area contributed by atoms with Gasteiger partial charge in [-0.05, 0) is 101 Å². The van der Waals surface area contributed by atoms with Gasteiger partial charge in [-0.1, -0.05) is 127 Å². The van der Waals surface area contributed by atoms with Crippen LogP contribution in [0.1, 0.15) is 5.56 Å². The van der Waals surface area contributed by atoms with Crippen molar-refractivity contribution < 1.29 is 0 Å². The van der Waals surface area contributed by atoms with Crippen molar-refractivity contribution >= 4 is 87.2 Å². The zero-order valence-corrected chi connectivity index (χ0v) is 47.8. The second-order valence-corrected chi connectivity index (χ2v) is 22.5. The number of hydrogen-bond donors (Lipinski definition) is 0. The van der Waals surface area contributed by atoms with Crippen LogP contribution in [-0.4, -0.2) is 58.1 Å². The molecule has 0 saturated carbocycles. The zero-order valence-electron chi connectivity index (χ0n) is 47.8. The van der Waals surface area contributed by atoms with Crippen LogP contribution < -0.4 is 0 Å². The van der Waals surface area contributed by atoms with Crippen LogP contribution >= 0.6 is 0 Å². The number of aromatic nitrogens is 12. The molecule has 0 saturated heterocycles. The van der Waals surface area contributed by atoms with E-state index < -0.39 is 0 Å². The van der Waals surface area contributed by atoms with Crippen LogP contribution in [0.5, 0.6) is 0 Å². The van der Waals surface area contributed by atoms with E-state index in [9.17, 15) is 5.26 Å². The minimum Gasteiger partial charge on any atom is -0.306 e. The Labute approximate surface area is 513 Å². The molecule has 0 bridgehead atoms. The molecule has 8 heterocycles. The molecule has 18 rings (SSSR count). The second kappa shape index (κ2) is 20.2. The van der Waals surface area contributed by atoms with E-state index in [0.717, 1.165) is 154 Å². The van der Waals surface area contributed by atoms with Gasteiger partial charge in [-0.15, -0.1) is 0 Å². The Morgan fingerprint density at radius 2 is 0.489 bits per heavy atom. The van der Waals surface area contributed by atoms with Crippen molar-refractivity contribution in [3.8, 4) is 84.5 Å². The highest BCUT2D eigenvalue weighted by atomic mass is 15.1. The number of para-hydroxylation sites is 4. The van der Waals surface area contributed by atoms with Crippen molar-refractivity contribution in [3.63, 3.8) is 0 Å². The van der Waals surface area contributed by atoms with Gasteiger partial charge >= 0.3 is 0 Å². The summed E-state index contributed by atoms with van der Waals surface area (Å²) in [5.41, 5.74) is 20.0. The zero-order chi connectivity index (χ0) is 59.4. The normalized spacial score (nSPS) is 11.8. The Balaban J connectivity index is 1.12. The minimum absolute atomic E-state index is 0.454. The molecule has 0 aliphatic heterocycles. The third kappa shape index (κ3) is 7.62. The first kappa shape index (κ1) is 50.5. The summed E-state index contributed by atoms with van der Waals surface area (Å²) in [6.45, 7) is 0. The van der Waals surface area contributed by atoms with Crippen LogP contribution in [0, 0.1) is 11.3 Å². The second-order valence-electron chi connectivity index (χ2n) is 22.5. The molecule has 0 spiro atoms. The van der Waals surface area contributed by atoms with Gasteiger partial charge < -0.3 is 18.3 Å². The Hall–Kier alpha value is -12.8. The number of nitriles is 1. The molecule has 0 N–H and O–H groups in total. The third-order valence-corrected chi connectivity index (χ3v) is 17.7. The fourth-order valence-electron chi connectivity index (χ4n) is 13.9. The summed E-state index contributed by atoms with van der Waals surface area (Å²) in [7, 11) is 0. The van der Waals surface area contributed by atoms with Crippen LogP contribution in [0.15, 0.2) is 275 Å². The smallest absolute Gasteiger partial charge is 0.115 e. The lowest BCUT2D eigenvalue weighted by Gasteiger charge is -2.29. The molecule has 0 radical (unpaired) electrons. The SMILES string of the molecule is N#Cc1c(-n2c3ccccc3c3ccccc32)c(-n2c3ccc(-c4cncnc4)cc3c3cc(-c4cncnc4)ccc32)c(-c2ccccc2)c(-n2c3ccc(-c4cncnc4)cc3c3cc(-c4cncnc4)ccc32)c1-n1c2ccccc2c2ccccc21. The summed E-state index contributed by atoms with van der Waals surface area (Å²) in [6.07, 6.45) is 21.1. The predicted molar refractivity (Wildman–Crippen MR) is 358 cm³/mol. The van der Waals surface area contributed by atoms with Crippen molar-refractivity contribution in [1.29, 1.82) is 5.26 Å². The molecule has 13 nitrogen and oxygen atoms in total.